The Bertz CT molecular complexity index is 1150. The summed E-state index contributed by atoms with van der Waals surface area (Å²) in [5.74, 6) is 1.06. The second-order valence-corrected chi connectivity index (χ2v) is 10.5. The molecule has 0 aliphatic rings. The zero-order valence-electron chi connectivity index (χ0n) is 21.3. The van der Waals surface area contributed by atoms with E-state index in [0.717, 1.165) is 22.6 Å². The van der Waals surface area contributed by atoms with Crippen LogP contribution < -0.4 is 4.74 Å². The molecule has 3 aromatic rings. The number of aliphatic hydroxyl groups is 1. The van der Waals surface area contributed by atoms with E-state index in [0.29, 0.717) is 29.2 Å². The zero-order chi connectivity index (χ0) is 25.8. The van der Waals surface area contributed by atoms with Crippen molar-refractivity contribution in [2.45, 2.75) is 65.1 Å². The van der Waals surface area contributed by atoms with Crippen LogP contribution in [-0.4, -0.2) is 39.4 Å². The number of carbonyl (C=O) groups is 1. The lowest BCUT2D eigenvalue weighted by Crippen LogP contribution is -2.22. The number of hydrogen-bond donors (Lipinski definition) is 1. The van der Waals surface area contributed by atoms with Gasteiger partial charge in [-0.2, -0.15) is 0 Å². The van der Waals surface area contributed by atoms with Gasteiger partial charge in [0.1, 0.15) is 17.7 Å². The normalized spacial score (nSPS) is 12.6. The fourth-order valence-electron chi connectivity index (χ4n) is 3.92. The topological polar surface area (TPSA) is 73.6 Å². The molecule has 0 bridgehead atoms. The van der Waals surface area contributed by atoms with Crippen LogP contribution in [0, 0.1) is 0 Å². The minimum absolute atomic E-state index is 0.0242. The monoisotopic (exact) mass is 498 g/mol. The van der Waals surface area contributed by atoms with Crippen molar-refractivity contribution in [3.8, 4) is 17.0 Å². The average molecular weight is 499 g/mol. The molecule has 1 N–H and O–H groups in total. The first kappa shape index (κ1) is 26.8. The van der Waals surface area contributed by atoms with Gasteiger partial charge in [0.25, 0.3) is 0 Å². The Morgan fingerprint density at radius 1 is 1.14 bits per heavy atom. The van der Waals surface area contributed by atoms with Gasteiger partial charge in [-0.25, -0.2) is 9.78 Å². The average Bonchev–Trinajstić information content (AvgIpc) is 3.17. The fourth-order valence-corrected chi connectivity index (χ4v) is 4.15. The van der Waals surface area contributed by atoms with Gasteiger partial charge < -0.3 is 19.1 Å². The van der Waals surface area contributed by atoms with E-state index in [1.807, 2.05) is 51.4 Å². The molecule has 2 aromatic carbocycles. The molecule has 0 spiro atoms. The van der Waals surface area contributed by atoms with Gasteiger partial charge in [0.15, 0.2) is 0 Å². The number of nitrogens with zero attached hydrogens (tertiary/aromatic N) is 2. The van der Waals surface area contributed by atoms with Crippen molar-refractivity contribution in [2.24, 2.45) is 7.05 Å². The van der Waals surface area contributed by atoms with E-state index in [4.69, 9.17) is 26.1 Å². The summed E-state index contributed by atoms with van der Waals surface area (Å²) in [7, 11) is 2.01. The van der Waals surface area contributed by atoms with Crippen molar-refractivity contribution in [2.75, 3.05) is 6.61 Å². The molecule has 1 aromatic heterocycles. The lowest BCUT2D eigenvalue weighted by molar-refractivity contribution is 0.0244. The maximum absolute atomic E-state index is 12.7. The second kappa shape index (κ2) is 11.3. The lowest BCUT2D eigenvalue weighted by Gasteiger charge is -2.18. The van der Waals surface area contributed by atoms with E-state index in [-0.39, 0.29) is 18.1 Å². The van der Waals surface area contributed by atoms with Crippen LogP contribution in [0.1, 0.15) is 62.8 Å². The van der Waals surface area contributed by atoms with Crippen LogP contribution in [0.25, 0.3) is 11.3 Å². The van der Waals surface area contributed by atoms with Crippen molar-refractivity contribution >= 4 is 17.6 Å². The van der Waals surface area contributed by atoms with Crippen LogP contribution in [0.5, 0.6) is 5.75 Å². The van der Waals surface area contributed by atoms with Gasteiger partial charge in [0, 0.05) is 43.7 Å². The zero-order valence-corrected chi connectivity index (χ0v) is 22.1. The van der Waals surface area contributed by atoms with Crippen LogP contribution in [0.2, 0.25) is 5.02 Å². The van der Waals surface area contributed by atoms with E-state index >= 15 is 0 Å². The molecule has 0 amide bonds. The molecule has 0 saturated carbocycles. The van der Waals surface area contributed by atoms with Gasteiger partial charge in [-0.3, -0.25) is 0 Å². The number of benzene rings is 2. The largest absolute Gasteiger partial charge is 0.489 e. The van der Waals surface area contributed by atoms with Crippen LogP contribution in [0.15, 0.2) is 48.7 Å². The quantitative estimate of drug-likeness (QED) is 0.367. The highest BCUT2D eigenvalue weighted by atomic mass is 35.5. The highest BCUT2D eigenvalue weighted by Gasteiger charge is 2.21. The molecule has 0 saturated heterocycles. The summed E-state index contributed by atoms with van der Waals surface area (Å²) < 4.78 is 13.4. The predicted molar refractivity (Wildman–Crippen MR) is 139 cm³/mol. The Morgan fingerprint density at radius 3 is 2.37 bits per heavy atom. The van der Waals surface area contributed by atoms with Gasteiger partial charge in [-0.15, -0.1) is 0 Å². The van der Waals surface area contributed by atoms with Gasteiger partial charge in [-0.05, 0) is 37.6 Å². The molecular weight excluding hydrogens is 464 g/mol. The first-order valence-electron chi connectivity index (χ1n) is 11.9. The van der Waals surface area contributed by atoms with Gasteiger partial charge in [0.2, 0.25) is 0 Å². The molecule has 35 heavy (non-hydrogen) atoms. The van der Waals surface area contributed by atoms with Crippen LogP contribution in [-0.2, 0) is 23.6 Å². The molecule has 7 heteroatoms. The third kappa shape index (κ3) is 7.09. The van der Waals surface area contributed by atoms with Crippen LogP contribution >= 0.6 is 11.6 Å². The van der Waals surface area contributed by atoms with E-state index < -0.39 is 12.1 Å². The van der Waals surface area contributed by atoms with Crippen LogP contribution in [0.4, 0.5) is 0 Å². The molecule has 1 atom stereocenters. The number of aliphatic hydroxyl groups excluding tert-OH is 1. The molecule has 6 nitrogen and oxygen atoms in total. The smallest absolute Gasteiger partial charge is 0.338 e. The van der Waals surface area contributed by atoms with Crippen molar-refractivity contribution in [1.29, 1.82) is 0 Å². The number of esters is 1. The molecular formula is C28H35ClN2O4. The lowest BCUT2D eigenvalue weighted by atomic mass is 9.96. The standard InChI is InChI=1S/C28H35ClN2O4/c1-18(2)34-25-12-11-21(16-23(25)29)26(33)35-22(13-14-32)15-19-7-9-20(10-8-19)24-17-31(6)27(30-24)28(3,4)5/h7-12,16-18,22,32H,13-15H2,1-6H3. The Labute approximate surface area is 212 Å². The highest BCUT2D eigenvalue weighted by molar-refractivity contribution is 6.32. The number of hydrogen-bond acceptors (Lipinski definition) is 5. The summed E-state index contributed by atoms with van der Waals surface area (Å²) in [6, 6.07) is 12.9. The summed E-state index contributed by atoms with van der Waals surface area (Å²) in [6.07, 6.45) is 2.37. The third-order valence-electron chi connectivity index (χ3n) is 5.52. The third-order valence-corrected chi connectivity index (χ3v) is 5.81. The van der Waals surface area contributed by atoms with E-state index in [1.165, 1.54) is 0 Å². The fraction of sp³-hybridized carbons (Fsp3) is 0.429. The van der Waals surface area contributed by atoms with Crippen molar-refractivity contribution in [1.82, 2.24) is 9.55 Å². The molecule has 3 rings (SSSR count). The number of aromatic nitrogens is 2. The van der Waals surface area contributed by atoms with Gasteiger partial charge in [0.05, 0.1) is 22.4 Å². The minimum Gasteiger partial charge on any atom is -0.489 e. The van der Waals surface area contributed by atoms with Crippen LogP contribution in [0.3, 0.4) is 0 Å². The van der Waals surface area contributed by atoms with Crippen molar-refractivity contribution in [3.63, 3.8) is 0 Å². The van der Waals surface area contributed by atoms with E-state index in [2.05, 4.69) is 25.3 Å². The van der Waals surface area contributed by atoms with E-state index in [1.54, 1.807) is 18.2 Å². The predicted octanol–water partition coefficient (Wildman–Crippen LogP) is 5.98. The minimum atomic E-state index is -0.485. The molecule has 0 aliphatic heterocycles. The number of imidazole rings is 1. The summed E-state index contributed by atoms with van der Waals surface area (Å²) in [6.45, 7) is 10.2. The maximum Gasteiger partial charge on any atom is 0.338 e. The number of ether oxygens (including phenoxy) is 2. The van der Waals surface area contributed by atoms with Crippen molar-refractivity contribution in [3.05, 3.63) is 70.6 Å². The second-order valence-electron chi connectivity index (χ2n) is 10.1. The van der Waals surface area contributed by atoms with Gasteiger partial charge >= 0.3 is 5.97 Å². The SMILES string of the molecule is CC(C)Oc1ccc(C(=O)OC(CCO)Cc2ccc(-c3cn(C)c(C(C)(C)C)n3)cc2)cc1Cl. The first-order chi connectivity index (χ1) is 16.5. The van der Waals surface area contributed by atoms with Gasteiger partial charge in [-0.1, -0.05) is 56.6 Å². The summed E-state index contributed by atoms with van der Waals surface area (Å²) in [5.41, 5.74) is 3.25. The number of rotatable bonds is 9. The van der Waals surface area contributed by atoms with Crippen molar-refractivity contribution < 1.29 is 19.4 Å². The maximum atomic E-state index is 12.7. The summed E-state index contributed by atoms with van der Waals surface area (Å²) in [5, 5.41) is 9.86. The Kier molecular flexibility index (Phi) is 8.62. The molecule has 188 valence electrons. The molecule has 1 unspecified atom stereocenters. The molecule has 1 heterocycles. The number of aryl methyl sites for hydroxylation is 1. The highest BCUT2D eigenvalue weighted by Crippen LogP contribution is 2.28. The first-order valence-corrected chi connectivity index (χ1v) is 12.3. The summed E-state index contributed by atoms with van der Waals surface area (Å²) in [4.78, 5) is 17.6. The molecule has 0 fully saturated rings. The Morgan fingerprint density at radius 2 is 1.83 bits per heavy atom. The van der Waals surface area contributed by atoms with E-state index in [9.17, 15) is 9.90 Å². The Hall–Kier alpha value is -2.83. The summed E-state index contributed by atoms with van der Waals surface area (Å²) >= 11 is 6.27. The molecule has 0 aliphatic carbocycles. The number of halogens is 1. The molecule has 0 radical (unpaired) electrons. The number of carbonyl (C=O) groups excluding carboxylic acids is 1. The Balaban J connectivity index is 1.69.